The number of phenolic OH excluding ortho intramolecular Hbond substituents is 1. The second kappa shape index (κ2) is 7.19. The van der Waals surface area contributed by atoms with Crippen LogP contribution in [0.15, 0.2) is 64.4 Å². The van der Waals surface area contributed by atoms with E-state index in [4.69, 9.17) is 4.74 Å². The van der Waals surface area contributed by atoms with Gasteiger partial charge in [-0.2, -0.15) is 0 Å². The molecule has 0 heterocycles. The van der Waals surface area contributed by atoms with Crippen molar-refractivity contribution in [3.8, 4) is 17.2 Å². The third-order valence-electron chi connectivity index (χ3n) is 3.80. The van der Waals surface area contributed by atoms with Crippen molar-refractivity contribution < 1.29 is 14.2 Å². The number of rotatable bonds is 4. The topological polar surface area (TPSA) is 29.5 Å². The molecule has 0 aromatic heterocycles. The molecule has 0 unspecified atom stereocenters. The minimum atomic E-state index is -0.282. The fraction of sp³-hybridized carbons (Fsp3) is 0.143. The first-order valence-corrected chi connectivity index (χ1v) is 8.76. The van der Waals surface area contributed by atoms with Gasteiger partial charge in [0, 0.05) is 4.90 Å². The van der Waals surface area contributed by atoms with Crippen molar-refractivity contribution in [2.45, 2.75) is 30.6 Å². The van der Waals surface area contributed by atoms with E-state index in [0.717, 1.165) is 21.8 Å². The lowest BCUT2D eigenvalue weighted by Crippen LogP contribution is -1.92. The van der Waals surface area contributed by atoms with E-state index in [1.165, 1.54) is 29.5 Å². The van der Waals surface area contributed by atoms with Crippen LogP contribution in [0.5, 0.6) is 17.2 Å². The molecular formula is C21H19FO2S. The van der Waals surface area contributed by atoms with Crippen molar-refractivity contribution in [1.82, 2.24) is 0 Å². The Morgan fingerprint density at radius 3 is 2.16 bits per heavy atom. The Morgan fingerprint density at radius 2 is 1.52 bits per heavy atom. The van der Waals surface area contributed by atoms with Crippen molar-refractivity contribution >= 4 is 11.8 Å². The lowest BCUT2D eigenvalue weighted by molar-refractivity contribution is 0.450. The van der Waals surface area contributed by atoms with E-state index in [2.05, 4.69) is 19.1 Å². The molecule has 0 aliphatic carbocycles. The van der Waals surface area contributed by atoms with E-state index in [-0.39, 0.29) is 11.6 Å². The molecule has 0 radical (unpaired) electrons. The van der Waals surface area contributed by atoms with Crippen LogP contribution >= 0.6 is 11.8 Å². The number of halogens is 1. The van der Waals surface area contributed by atoms with Gasteiger partial charge in [-0.3, -0.25) is 0 Å². The predicted molar refractivity (Wildman–Crippen MR) is 99.4 cm³/mol. The Bertz CT molecular complexity index is 881. The smallest absolute Gasteiger partial charge is 0.133 e. The molecule has 3 aromatic rings. The van der Waals surface area contributed by atoms with Gasteiger partial charge in [-0.1, -0.05) is 29.5 Å². The van der Waals surface area contributed by atoms with Crippen LogP contribution in [-0.2, 0) is 0 Å². The molecule has 3 rings (SSSR count). The van der Waals surface area contributed by atoms with Crippen LogP contribution in [0.25, 0.3) is 0 Å². The van der Waals surface area contributed by atoms with Gasteiger partial charge in [0.25, 0.3) is 0 Å². The van der Waals surface area contributed by atoms with Crippen molar-refractivity contribution in [2.75, 3.05) is 0 Å². The van der Waals surface area contributed by atoms with Gasteiger partial charge in [-0.25, -0.2) is 4.39 Å². The third-order valence-corrected chi connectivity index (χ3v) is 4.85. The second-order valence-corrected chi connectivity index (χ2v) is 7.13. The van der Waals surface area contributed by atoms with E-state index in [9.17, 15) is 9.50 Å². The summed E-state index contributed by atoms with van der Waals surface area (Å²) in [6.45, 7) is 6.09. The highest BCUT2D eigenvalue weighted by atomic mass is 32.2. The molecule has 0 fully saturated rings. The second-order valence-electron chi connectivity index (χ2n) is 6.02. The summed E-state index contributed by atoms with van der Waals surface area (Å²) in [5, 5.41) is 10.1. The van der Waals surface area contributed by atoms with Crippen LogP contribution in [-0.4, -0.2) is 5.11 Å². The van der Waals surface area contributed by atoms with Gasteiger partial charge in [0.05, 0.1) is 4.90 Å². The molecule has 0 atom stereocenters. The summed E-state index contributed by atoms with van der Waals surface area (Å²) in [7, 11) is 0. The van der Waals surface area contributed by atoms with E-state index in [1.54, 1.807) is 30.3 Å². The minimum absolute atomic E-state index is 0.166. The summed E-state index contributed by atoms with van der Waals surface area (Å²) in [4.78, 5) is 1.50. The Labute approximate surface area is 151 Å². The first-order chi connectivity index (χ1) is 11.9. The molecule has 0 aliphatic rings. The summed E-state index contributed by atoms with van der Waals surface area (Å²) in [5.41, 5.74) is 3.33. The van der Waals surface area contributed by atoms with Crippen LogP contribution in [0.3, 0.4) is 0 Å². The van der Waals surface area contributed by atoms with Gasteiger partial charge < -0.3 is 9.84 Å². The lowest BCUT2D eigenvalue weighted by atomic mass is 10.1. The average molecular weight is 354 g/mol. The van der Waals surface area contributed by atoms with E-state index in [0.29, 0.717) is 10.6 Å². The van der Waals surface area contributed by atoms with Gasteiger partial charge >= 0.3 is 0 Å². The third kappa shape index (κ3) is 4.15. The maximum Gasteiger partial charge on any atom is 0.133 e. The summed E-state index contributed by atoms with van der Waals surface area (Å²) in [5.74, 6) is 1.36. The van der Waals surface area contributed by atoms with Crippen molar-refractivity contribution in [1.29, 1.82) is 0 Å². The van der Waals surface area contributed by atoms with Crippen LogP contribution in [0.4, 0.5) is 4.39 Å². The van der Waals surface area contributed by atoms with Gasteiger partial charge in [0.1, 0.15) is 23.1 Å². The maximum atomic E-state index is 13.0. The quantitative estimate of drug-likeness (QED) is 0.588. The van der Waals surface area contributed by atoms with Gasteiger partial charge in [0.2, 0.25) is 0 Å². The number of aromatic hydroxyl groups is 1. The Hall–Kier alpha value is -2.46. The fourth-order valence-electron chi connectivity index (χ4n) is 2.71. The molecule has 0 bridgehead atoms. The number of aryl methyl sites for hydroxylation is 3. The largest absolute Gasteiger partial charge is 0.507 e. The van der Waals surface area contributed by atoms with Gasteiger partial charge in [0.15, 0.2) is 0 Å². The first-order valence-electron chi connectivity index (χ1n) is 7.94. The van der Waals surface area contributed by atoms with E-state index in [1.807, 2.05) is 13.8 Å². The fourth-order valence-corrected chi connectivity index (χ4v) is 3.59. The Morgan fingerprint density at radius 1 is 0.880 bits per heavy atom. The number of phenols is 1. The summed E-state index contributed by atoms with van der Waals surface area (Å²) >= 11 is 1.36. The molecule has 0 saturated heterocycles. The normalized spacial score (nSPS) is 10.7. The van der Waals surface area contributed by atoms with Crippen LogP contribution in [0.2, 0.25) is 0 Å². The Balaban J connectivity index is 1.88. The highest BCUT2D eigenvalue weighted by Gasteiger charge is 2.10. The molecule has 0 spiro atoms. The predicted octanol–water partition coefficient (Wildman–Crippen LogP) is 6.40. The monoisotopic (exact) mass is 354 g/mol. The minimum Gasteiger partial charge on any atom is -0.507 e. The van der Waals surface area contributed by atoms with Crippen molar-refractivity contribution in [3.05, 3.63) is 77.1 Å². The van der Waals surface area contributed by atoms with E-state index >= 15 is 0 Å². The zero-order valence-electron chi connectivity index (χ0n) is 14.3. The molecule has 0 saturated carbocycles. The molecule has 2 nitrogen and oxygen atoms in total. The zero-order chi connectivity index (χ0) is 18.0. The van der Waals surface area contributed by atoms with Gasteiger partial charge in [-0.05, 0) is 74.4 Å². The first kappa shape index (κ1) is 17.4. The molecular weight excluding hydrogens is 335 g/mol. The Kier molecular flexibility index (Phi) is 5.00. The van der Waals surface area contributed by atoms with Crippen molar-refractivity contribution in [2.24, 2.45) is 0 Å². The molecule has 3 aromatic carbocycles. The molecule has 0 aliphatic heterocycles. The van der Waals surface area contributed by atoms with Crippen LogP contribution < -0.4 is 4.74 Å². The van der Waals surface area contributed by atoms with E-state index < -0.39 is 0 Å². The SMILES string of the molecule is Cc1cc(C)c(Oc2ccc(O)c(Sc3ccc(F)cc3)c2)c(C)c1. The molecule has 1 N–H and O–H groups in total. The molecule has 128 valence electrons. The molecule has 4 heteroatoms. The standard InChI is InChI=1S/C21H19FO2S/c1-13-10-14(2)21(15(3)11-13)24-17-6-9-19(23)20(12-17)25-18-7-4-16(22)5-8-18/h4-12,23H,1-3H3. The number of benzene rings is 3. The molecule has 0 amide bonds. The van der Waals surface area contributed by atoms with Crippen molar-refractivity contribution in [3.63, 3.8) is 0 Å². The van der Waals surface area contributed by atoms with Crippen LogP contribution in [0, 0.1) is 26.6 Å². The summed E-state index contributed by atoms with van der Waals surface area (Å²) in [6.07, 6.45) is 0. The highest BCUT2D eigenvalue weighted by molar-refractivity contribution is 7.99. The van der Waals surface area contributed by atoms with Gasteiger partial charge in [-0.15, -0.1) is 0 Å². The highest BCUT2D eigenvalue weighted by Crippen LogP contribution is 2.38. The average Bonchev–Trinajstić information content (AvgIpc) is 2.56. The number of hydrogen-bond acceptors (Lipinski definition) is 3. The lowest BCUT2D eigenvalue weighted by Gasteiger charge is -2.14. The summed E-state index contributed by atoms with van der Waals surface area (Å²) in [6, 6.07) is 15.5. The zero-order valence-corrected chi connectivity index (χ0v) is 15.2. The summed E-state index contributed by atoms with van der Waals surface area (Å²) < 4.78 is 19.1. The maximum absolute atomic E-state index is 13.0. The number of ether oxygens (including phenoxy) is 1. The number of hydrogen-bond donors (Lipinski definition) is 1. The van der Waals surface area contributed by atoms with Crippen LogP contribution in [0.1, 0.15) is 16.7 Å². The molecule has 25 heavy (non-hydrogen) atoms.